The van der Waals surface area contributed by atoms with Crippen LogP contribution in [-0.2, 0) is 0 Å². The van der Waals surface area contributed by atoms with Crippen LogP contribution in [0.3, 0.4) is 0 Å². The van der Waals surface area contributed by atoms with Crippen molar-refractivity contribution in [2.45, 2.75) is 25.2 Å². The highest BCUT2D eigenvalue weighted by Crippen LogP contribution is 2.37. The number of H-pyrrole nitrogens is 1. The van der Waals surface area contributed by atoms with Gasteiger partial charge in [0.1, 0.15) is 5.82 Å². The van der Waals surface area contributed by atoms with Crippen molar-refractivity contribution in [2.75, 3.05) is 6.54 Å². The van der Waals surface area contributed by atoms with Crippen LogP contribution in [0, 0.1) is 0 Å². The summed E-state index contributed by atoms with van der Waals surface area (Å²) in [4.78, 5) is 15.6. The molecule has 0 aromatic carbocycles. The second kappa shape index (κ2) is 4.25. The highest BCUT2D eigenvalue weighted by molar-refractivity contribution is 5.90. The van der Waals surface area contributed by atoms with Crippen molar-refractivity contribution >= 4 is 5.91 Å². The first-order chi connectivity index (χ1) is 7.31. The Bertz CT molecular complexity index is 367. The Morgan fingerprint density at radius 3 is 3.13 bits per heavy atom. The number of aromatic amines is 1. The van der Waals surface area contributed by atoms with Gasteiger partial charge in [-0.3, -0.25) is 9.89 Å². The number of amides is 1. The van der Waals surface area contributed by atoms with Crippen molar-refractivity contribution in [1.29, 1.82) is 0 Å². The van der Waals surface area contributed by atoms with E-state index < -0.39 is 0 Å². The number of nitrogens with one attached hydrogen (secondary N) is 2. The highest BCUT2D eigenvalue weighted by atomic mass is 16.2. The van der Waals surface area contributed by atoms with Gasteiger partial charge in [0.2, 0.25) is 5.82 Å². The summed E-state index contributed by atoms with van der Waals surface area (Å²) in [5.41, 5.74) is 0. The van der Waals surface area contributed by atoms with Gasteiger partial charge in [-0.2, -0.15) is 0 Å². The molecule has 1 heterocycles. The van der Waals surface area contributed by atoms with E-state index in [-0.39, 0.29) is 11.7 Å². The summed E-state index contributed by atoms with van der Waals surface area (Å²) < 4.78 is 0. The van der Waals surface area contributed by atoms with Gasteiger partial charge in [0.15, 0.2) is 0 Å². The van der Waals surface area contributed by atoms with Crippen LogP contribution in [0.25, 0.3) is 0 Å². The third-order valence-corrected chi connectivity index (χ3v) is 2.30. The zero-order chi connectivity index (χ0) is 10.7. The Hall–Kier alpha value is -1.65. The average Bonchev–Trinajstić information content (AvgIpc) is 2.97. The smallest absolute Gasteiger partial charge is 0.290 e. The molecular formula is C10H14N4O. The molecule has 1 aliphatic carbocycles. The van der Waals surface area contributed by atoms with Crippen LogP contribution in [0.2, 0.25) is 0 Å². The number of rotatable bonds is 5. The molecule has 0 radical (unpaired) electrons. The van der Waals surface area contributed by atoms with E-state index in [1.807, 2.05) is 0 Å². The van der Waals surface area contributed by atoms with Gasteiger partial charge in [0.05, 0.1) is 0 Å². The lowest BCUT2D eigenvalue weighted by Crippen LogP contribution is -2.25. The van der Waals surface area contributed by atoms with Gasteiger partial charge < -0.3 is 5.32 Å². The molecular weight excluding hydrogens is 192 g/mol. The Morgan fingerprint density at radius 2 is 2.47 bits per heavy atom. The summed E-state index contributed by atoms with van der Waals surface area (Å²) in [7, 11) is 0. The van der Waals surface area contributed by atoms with E-state index in [9.17, 15) is 4.79 Å². The van der Waals surface area contributed by atoms with Crippen LogP contribution >= 0.6 is 0 Å². The molecule has 0 bridgehead atoms. The predicted molar refractivity (Wildman–Crippen MR) is 55.5 cm³/mol. The molecule has 0 spiro atoms. The standard InChI is InChI=1S/C10H14N4O/c1-2-3-6-11-10(15)9-12-8(13-14-9)7-4-5-7/h2,7H,1,3-6H2,(H,11,15)(H,12,13,14). The first-order valence-electron chi connectivity index (χ1n) is 5.12. The topological polar surface area (TPSA) is 70.7 Å². The fourth-order valence-electron chi connectivity index (χ4n) is 1.28. The summed E-state index contributed by atoms with van der Waals surface area (Å²) in [5.74, 6) is 1.34. The molecule has 2 N–H and O–H groups in total. The second-order valence-electron chi connectivity index (χ2n) is 3.65. The third-order valence-electron chi connectivity index (χ3n) is 2.30. The van der Waals surface area contributed by atoms with Crippen molar-refractivity contribution < 1.29 is 4.79 Å². The fraction of sp³-hybridized carbons (Fsp3) is 0.500. The summed E-state index contributed by atoms with van der Waals surface area (Å²) in [5, 5.41) is 9.40. The Labute approximate surface area is 88.0 Å². The van der Waals surface area contributed by atoms with E-state index >= 15 is 0 Å². The van der Waals surface area contributed by atoms with Gasteiger partial charge in [-0.15, -0.1) is 11.7 Å². The number of aromatic nitrogens is 3. The lowest BCUT2D eigenvalue weighted by atomic mass is 10.4. The minimum Gasteiger partial charge on any atom is -0.349 e. The van der Waals surface area contributed by atoms with E-state index in [2.05, 4.69) is 27.1 Å². The summed E-state index contributed by atoms with van der Waals surface area (Å²) >= 11 is 0. The molecule has 1 amide bonds. The molecule has 5 nitrogen and oxygen atoms in total. The molecule has 0 saturated heterocycles. The number of carbonyl (C=O) groups is 1. The lowest BCUT2D eigenvalue weighted by Gasteiger charge is -1.97. The van der Waals surface area contributed by atoms with Crippen LogP contribution in [-0.4, -0.2) is 27.6 Å². The van der Waals surface area contributed by atoms with Gasteiger partial charge >= 0.3 is 0 Å². The predicted octanol–water partition coefficient (Wildman–Crippen LogP) is 0.988. The summed E-state index contributed by atoms with van der Waals surface area (Å²) in [6, 6.07) is 0. The van der Waals surface area contributed by atoms with Crippen LogP contribution in [0.15, 0.2) is 12.7 Å². The number of hydrogen-bond acceptors (Lipinski definition) is 3. The maximum absolute atomic E-state index is 11.5. The molecule has 5 heteroatoms. The number of nitrogens with zero attached hydrogens (tertiary/aromatic N) is 2. The van der Waals surface area contributed by atoms with E-state index in [0.717, 1.165) is 25.1 Å². The lowest BCUT2D eigenvalue weighted by molar-refractivity contribution is 0.0944. The first kappa shape index (κ1) is 9.89. The van der Waals surface area contributed by atoms with E-state index in [1.54, 1.807) is 6.08 Å². The van der Waals surface area contributed by atoms with Gasteiger partial charge in [0, 0.05) is 12.5 Å². The molecule has 80 valence electrons. The molecule has 0 atom stereocenters. The SMILES string of the molecule is C=CCCNC(=O)c1n[nH]c(C2CC2)n1. The van der Waals surface area contributed by atoms with Gasteiger partial charge in [-0.25, -0.2) is 4.98 Å². The quantitative estimate of drug-likeness (QED) is 0.557. The van der Waals surface area contributed by atoms with Gasteiger partial charge in [-0.05, 0) is 19.3 Å². The number of hydrogen-bond donors (Lipinski definition) is 2. The molecule has 1 aromatic rings. The molecule has 0 aliphatic heterocycles. The Kier molecular flexibility index (Phi) is 2.80. The molecule has 1 saturated carbocycles. The van der Waals surface area contributed by atoms with Crippen LogP contribution in [0.1, 0.15) is 41.6 Å². The third kappa shape index (κ3) is 2.43. The summed E-state index contributed by atoms with van der Waals surface area (Å²) in [6.45, 7) is 4.16. The van der Waals surface area contributed by atoms with Gasteiger partial charge in [0.25, 0.3) is 5.91 Å². The monoisotopic (exact) mass is 206 g/mol. The maximum Gasteiger partial charge on any atom is 0.290 e. The minimum absolute atomic E-state index is 0.222. The molecule has 1 aliphatic rings. The van der Waals surface area contributed by atoms with Gasteiger partial charge in [-0.1, -0.05) is 6.08 Å². The van der Waals surface area contributed by atoms with Crippen LogP contribution in [0.4, 0.5) is 0 Å². The Balaban J connectivity index is 1.89. The normalized spacial score (nSPS) is 14.9. The van der Waals surface area contributed by atoms with Crippen molar-refractivity contribution in [3.8, 4) is 0 Å². The molecule has 2 rings (SSSR count). The maximum atomic E-state index is 11.5. The van der Waals surface area contributed by atoms with E-state index in [1.165, 1.54) is 0 Å². The molecule has 15 heavy (non-hydrogen) atoms. The average molecular weight is 206 g/mol. The fourth-order valence-corrected chi connectivity index (χ4v) is 1.28. The molecule has 1 aromatic heterocycles. The zero-order valence-electron chi connectivity index (χ0n) is 8.49. The van der Waals surface area contributed by atoms with E-state index in [0.29, 0.717) is 12.5 Å². The van der Waals surface area contributed by atoms with Crippen molar-refractivity contribution in [3.63, 3.8) is 0 Å². The minimum atomic E-state index is -0.222. The van der Waals surface area contributed by atoms with Crippen molar-refractivity contribution in [3.05, 3.63) is 24.3 Å². The van der Waals surface area contributed by atoms with Crippen molar-refractivity contribution in [1.82, 2.24) is 20.5 Å². The zero-order valence-corrected chi connectivity index (χ0v) is 8.49. The molecule has 0 unspecified atom stereocenters. The first-order valence-corrected chi connectivity index (χ1v) is 5.12. The Morgan fingerprint density at radius 1 is 1.67 bits per heavy atom. The number of carbonyl (C=O) groups excluding carboxylic acids is 1. The second-order valence-corrected chi connectivity index (χ2v) is 3.65. The van der Waals surface area contributed by atoms with Crippen LogP contribution in [0.5, 0.6) is 0 Å². The van der Waals surface area contributed by atoms with Crippen LogP contribution < -0.4 is 5.32 Å². The van der Waals surface area contributed by atoms with E-state index in [4.69, 9.17) is 0 Å². The molecule has 1 fully saturated rings. The highest BCUT2D eigenvalue weighted by Gasteiger charge is 2.27. The van der Waals surface area contributed by atoms with Crippen molar-refractivity contribution in [2.24, 2.45) is 0 Å². The largest absolute Gasteiger partial charge is 0.349 e. The summed E-state index contributed by atoms with van der Waals surface area (Å²) in [6.07, 6.45) is 4.80.